The minimum atomic E-state index is 0.0834. The van der Waals surface area contributed by atoms with E-state index in [1.54, 1.807) is 0 Å². The first-order valence-electron chi connectivity index (χ1n) is 7.10. The van der Waals surface area contributed by atoms with Crippen LogP contribution in [0.3, 0.4) is 0 Å². The molecule has 0 bridgehead atoms. The van der Waals surface area contributed by atoms with E-state index < -0.39 is 0 Å². The van der Waals surface area contributed by atoms with Crippen molar-refractivity contribution in [1.29, 1.82) is 5.26 Å². The highest BCUT2D eigenvalue weighted by molar-refractivity contribution is 5.78. The van der Waals surface area contributed by atoms with Gasteiger partial charge in [0.2, 0.25) is 5.91 Å². The molecule has 1 aliphatic rings. The number of nitrogens with zero attached hydrogens (tertiary/aromatic N) is 3. The monoisotopic (exact) mass is 271 g/mol. The topological polar surface area (TPSA) is 47.3 Å². The summed E-state index contributed by atoms with van der Waals surface area (Å²) < 4.78 is 0. The Kier molecular flexibility index (Phi) is 4.75. The standard InChI is InChI=1S/C16H21N3O/c1-13(2)16(20)19-9-7-18(8-10-19)12-15-5-3-14(11-17)4-6-15/h3-6,13H,7-10,12H2,1-2H3. The number of nitriles is 1. The molecule has 1 aromatic carbocycles. The molecule has 1 fully saturated rings. The molecule has 4 heteroatoms. The summed E-state index contributed by atoms with van der Waals surface area (Å²) in [5.41, 5.74) is 1.91. The molecule has 106 valence electrons. The van der Waals surface area contributed by atoms with E-state index in [2.05, 4.69) is 11.0 Å². The number of hydrogen-bond donors (Lipinski definition) is 0. The van der Waals surface area contributed by atoms with Crippen molar-refractivity contribution in [2.45, 2.75) is 20.4 Å². The summed E-state index contributed by atoms with van der Waals surface area (Å²) >= 11 is 0. The maximum absolute atomic E-state index is 11.9. The molecule has 20 heavy (non-hydrogen) atoms. The van der Waals surface area contributed by atoms with Crippen molar-refractivity contribution >= 4 is 5.91 Å². The third kappa shape index (κ3) is 3.58. The average Bonchev–Trinajstić information content (AvgIpc) is 2.48. The fourth-order valence-corrected chi connectivity index (χ4v) is 2.43. The van der Waals surface area contributed by atoms with Gasteiger partial charge in [-0.15, -0.1) is 0 Å². The molecule has 0 aliphatic carbocycles. The Morgan fingerprint density at radius 3 is 2.30 bits per heavy atom. The van der Waals surface area contributed by atoms with Crippen LogP contribution in [0.4, 0.5) is 0 Å². The highest BCUT2D eigenvalue weighted by Gasteiger charge is 2.22. The first kappa shape index (κ1) is 14.5. The Morgan fingerprint density at radius 2 is 1.80 bits per heavy atom. The molecule has 1 aliphatic heterocycles. The predicted octanol–water partition coefficient (Wildman–Crippen LogP) is 1.86. The summed E-state index contributed by atoms with van der Waals surface area (Å²) in [5, 5.41) is 8.78. The second kappa shape index (κ2) is 6.53. The Hall–Kier alpha value is -1.86. The number of hydrogen-bond acceptors (Lipinski definition) is 3. The van der Waals surface area contributed by atoms with Gasteiger partial charge in [0, 0.05) is 38.6 Å². The Bertz CT molecular complexity index is 493. The van der Waals surface area contributed by atoms with Crippen LogP contribution in [0.1, 0.15) is 25.0 Å². The van der Waals surface area contributed by atoms with Gasteiger partial charge in [-0.2, -0.15) is 5.26 Å². The van der Waals surface area contributed by atoms with Gasteiger partial charge in [0.1, 0.15) is 0 Å². The molecular weight excluding hydrogens is 250 g/mol. The van der Waals surface area contributed by atoms with Gasteiger partial charge in [-0.3, -0.25) is 9.69 Å². The first-order valence-corrected chi connectivity index (χ1v) is 7.10. The van der Waals surface area contributed by atoms with E-state index in [0.717, 1.165) is 32.7 Å². The van der Waals surface area contributed by atoms with Crippen LogP contribution in [0.5, 0.6) is 0 Å². The highest BCUT2D eigenvalue weighted by Crippen LogP contribution is 2.11. The van der Waals surface area contributed by atoms with Gasteiger partial charge >= 0.3 is 0 Å². The Balaban J connectivity index is 1.85. The summed E-state index contributed by atoms with van der Waals surface area (Å²) in [6.45, 7) is 8.24. The van der Waals surface area contributed by atoms with E-state index in [1.165, 1.54) is 5.56 Å². The zero-order valence-corrected chi connectivity index (χ0v) is 12.2. The number of carbonyl (C=O) groups is 1. The fourth-order valence-electron chi connectivity index (χ4n) is 2.43. The number of benzene rings is 1. The van der Waals surface area contributed by atoms with Crippen LogP contribution in [0.25, 0.3) is 0 Å². The zero-order chi connectivity index (χ0) is 14.5. The summed E-state index contributed by atoms with van der Waals surface area (Å²) in [5.74, 6) is 0.336. The minimum absolute atomic E-state index is 0.0834. The number of amides is 1. The molecule has 0 unspecified atom stereocenters. The van der Waals surface area contributed by atoms with Gasteiger partial charge in [-0.1, -0.05) is 26.0 Å². The molecule has 1 aromatic rings. The lowest BCUT2D eigenvalue weighted by Crippen LogP contribution is -2.49. The number of carbonyl (C=O) groups excluding carboxylic acids is 1. The molecular formula is C16H21N3O. The SMILES string of the molecule is CC(C)C(=O)N1CCN(Cc2ccc(C#N)cc2)CC1. The molecule has 0 saturated carbocycles. The maximum atomic E-state index is 11.9. The van der Waals surface area contributed by atoms with Crippen LogP contribution in [0, 0.1) is 17.2 Å². The smallest absolute Gasteiger partial charge is 0.225 e. The van der Waals surface area contributed by atoms with Crippen LogP contribution in [-0.2, 0) is 11.3 Å². The largest absolute Gasteiger partial charge is 0.340 e. The van der Waals surface area contributed by atoms with E-state index in [4.69, 9.17) is 5.26 Å². The lowest BCUT2D eigenvalue weighted by atomic mass is 10.1. The van der Waals surface area contributed by atoms with Gasteiger partial charge in [0.15, 0.2) is 0 Å². The van der Waals surface area contributed by atoms with Gasteiger partial charge in [-0.25, -0.2) is 0 Å². The van der Waals surface area contributed by atoms with Gasteiger partial charge in [0.05, 0.1) is 11.6 Å². The van der Waals surface area contributed by atoms with Crippen LogP contribution in [-0.4, -0.2) is 41.9 Å². The lowest BCUT2D eigenvalue weighted by Gasteiger charge is -2.35. The summed E-state index contributed by atoms with van der Waals surface area (Å²) in [6, 6.07) is 9.85. The maximum Gasteiger partial charge on any atom is 0.225 e. The van der Waals surface area contributed by atoms with Crippen LogP contribution in [0.2, 0.25) is 0 Å². The molecule has 2 rings (SSSR count). The normalized spacial score (nSPS) is 16.2. The van der Waals surface area contributed by atoms with Crippen molar-refractivity contribution < 1.29 is 4.79 Å². The van der Waals surface area contributed by atoms with Crippen molar-refractivity contribution in [3.8, 4) is 6.07 Å². The van der Waals surface area contributed by atoms with E-state index in [-0.39, 0.29) is 11.8 Å². The first-order chi connectivity index (χ1) is 9.60. The van der Waals surface area contributed by atoms with Crippen LogP contribution < -0.4 is 0 Å². The van der Waals surface area contributed by atoms with Gasteiger partial charge in [0.25, 0.3) is 0 Å². The lowest BCUT2D eigenvalue weighted by molar-refractivity contribution is -0.136. The predicted molar refractivity (Wildman–Crippen MR) is 77.9 cm³/mol. The zero-order valence-electron chi connectivity index (χ0n) is 12.2. The Labute approximate surface area is 120 Å². The molecule has 0 aromatic heterocycles. The average molecular weight is 271 g/mol. The van der Waals surface area contributed by atoms with Crippen LogP contribution >= 0.6 is 0 Å². The van der Waals surface area contributed by atoms with E-state index in [9.17, 15) is 4.79 Å². The number of rotatable bonds is 3. The van der Waals surface area contributed by atoms with Gasteiger partial charge < -0.3 is 4.90 Å². The second-order valence-electron chi connectivity index (χ2n) is 5.56. The molecule has 0 N–H and O–H groups in total. The van der Waals surface area contributed by atoms with Gasteiger partial charge in [-0.05, 0) is 17.7 Å². The molecule has 1 saturated heterocycles. The van der Waals surface area contributed by atoms with Crippen molar-refractivity contribution in [3.63, 3.8) is 0 Å². The fraction of sp³-hybridized carbons (Fsp3) is 0.500. The molecule has 0 spiro atoms. The van der Waals surface area contributed by atoms with Crippen LogP contribution in [0.15, 0.2) is 24.3 Å². The summed E-state index contributed by atoms with van der Waals surface area (Å²) in [7, 11) is 0. The molecule has 1 heterocycles. The van der Waals surface area contributed by atoms with Crippen molar-refractivity contribution in [3.05, 3.63) is 35.4 Å². The van der Waals surface area contributed by atoms with Crippen molar-refractivity contribution in [1.82, 2.24) is 9.80 Å². The third-order valence-corrected chi connectivity index (χ3v) is 3.67. The number of piperazine rings is 1. The summed E-state index contributed by atoms with van der Waals surface area (Å²) in [4.78, 5) is 16.2. The van der Waals surface area contributed by atoms with Crippen molar-refractivity contribution in [2.75, 3.05) is 26.2 Å². The van der Waals surface area contributed by atoms with E-state index >= 15 is 0 Å². The molecule has 4 nitrogen and oxygen atoms in total. The minimum Gasteiger partial charge on any atom is -0.340 e. The van der Waals surface area contributed by atoms with Crippen molar-refractivity contribution in [2.24, 2.45) is 5.92 Å². The Morgan fingerprint density at radius 1 is 1.20 bits per heavy atom. The summed E-state index contributed by atoms with van der Waals surface area (Å²) in [6.07, 6.45) is 0. The molecule has 0 atom stereocenters. The quantitative estimate of drug-likeness (QED) is 0.843. The molecule has 1 amide bonds. The highest BCUT2D eigenvalue weighted by atomic mass is 16.2. The molecule has 0 radical (unpaired) electrons. The second-order valence-corrected chi connectivity index (χ2v) is 5.56. The van der Waals surface area contributed by atoms with E-state index in [0.29, 0.717) is 5.56 Å². The van der Waals surface area contributed by atoms with E-state index in [1.807, 2.05) is 43.0 Å². The third-order valence-electron chi connectivity index (χ3n) is 3.67.